The van der Waals surface area contributed by atoms with Crippen LogP contribution < -0.4 is 16.2 Å². The minimum atomic E-state index is -0.454. The molecule has 3 amide bonds. The van der Waals surface area contributed by atoms with Crippen LogP contribution in [0.4, 0.5) is 5.69 Å². The maximum atomic E-state index is 12.0. The van der Waals surface area contributed by atoms with Gasteiger partial charge in [0.25, 0.3) is 5.91 Å². The van der Waals surface area contributed by atoms with Crippen molar-refractivity contribution in [2.75, 3.05) is 11.1 Å². The third kappa shape index (κ3) is 6.06. The third-order valence-electron chi connectivity index (χ3n) is 3.68. The maximum absolute atomic E-state index is 12.0. The molecule has 0 aliphatic carbocycles. The fourth-order valence-electron chi connectivity index (χ4n) is 2.35. The van der Waals surface area contributed by atoms with E-state index in [0.29, 0.717) is 27.3 Å². The van der Waals surface area contributed by atoms with Crippen molar-refractivity contribution < 1.29 is 14.4 Å². The van der Waals surface area contributed by atoms with E-state index in [1.807, 2.05) is 6.07 Å². The zero-order valence-corrected chi connectivity index (χ0v) is 17.3. The van der Waals surface area contributed by atoms with Gasteiger partial charge in [0, 0.05) is 28.8 Å². The lowest BCUT2D eigenvalue weighted by atomic mass is 10.2. The number of H-pyrrole nitrogens is 1. The van der Waals surface area contributed by atoms with Crippen LogP contribution in [-0.2, 0) is 9.59 Å². The summed E-state index contributed by atoms with van der Waals surface area (Å²) in [5.74, 6) is -0.536. The number of hydrazine groups is 1. The summed E-state index contributed by atoms with van der Waals surface area (Å²) in [5.41, 5.74) is 6.41. The fraction of sp³-hybridized carbons (Fsp3) is 0.105. The topological polar surface area (TPSA) is 129 Å². The average Bonchev–Trinajstić information content (AvgIpc) is 3.20. The number of anilines is 1. The number of carbonyl (C=O) groups is 3. The summed E-state index contributed by atoms with van der Waals surface area (Å²) in [4.78, 5) is 39.4. The second-order valence-corrected chi connectivity index (χ2v) is 7.41. The number of halogens is 1. The van der Waals surface area contributed by atoms with Crippen molar-refractivity contribution in [2.45, 2.75) is 12.1 Å². The number of hydrogen-bond donors (Lipinski definition) is 4. The van der Waals surface area contributed by atoms with Crippen molar-refractivity contribution in [1.29, 1.82) is 0 Å². The molecule has 0 spiro atoms. The van der Waals surface area contributed by atoms with Crippen molar-refractivity contribution in [3.05, 3.63) is 59.1 Å². The number of rotatable bonds is 6. The summed E-state index contributed by atoms with van der Waals surface area (Å²) in [7, 11) is 0. The van der Waals surface area contributed by atoms with Crippen molar-refractivity contribution >= 4 is 46.8 Å². The normalized spacial score (nSPS) is 10.3. The number of aromatic amines is 1. The molecular weight excluding hydrogens is 428 g/mol. The van der Waals surface area contributed by atoms with Gasteiger partial charge >= 0.3 is 0 Å². The van der Waals surface area contributed by atoms with Gasteiger partial charge in [-0.05, 0) is 36.4 Å². The molecule has 0 atom stereocenters. The summed E-state index contributed by atoms with van der Waals surface area (Å²) < 4.78 is 0. The van der Waals surface area contributed by atoms with Gasteiger partial charge in [-0.25, -0.2) is 4.98 Å². The highest BCUT2D eigenvalue weighted by Crippen LogP contribution is 2.22. The summed E-state index contributed by atoms with van der Waals surface area (Å²) in [6.45, 7) is 1.43. The van der Waals surface area contributed by atoms with Gasteiger partial charge in [0.05, 0.1) is 5.75 Å². The van der Waals surface area contributed by atoms with Gasteiger partial charge < -0.3 is 5.32 Å². The van der Waals surface area contributed by atoms with Gasteiger partial charge in [-0.2, -0.15) is 0 Å². The lowest BCUT2D eigenvalue weighted by Crippen LogP contribution is -2.42. The Morgan fingerprint density at radius 2 is 1.87 bits per heavy atom. The third-order valence-corrected chi connectivity index (χ3v) is 4.77. The van der Waals surface area contributed by atoms with Crippen LogP contribution in [0.25, 0.3) is 11.4 Å². The van der Waals surface area contributed by atoms with Gasteiger partial charge in [-0.15, -0.1) is 5.10 Å². The van der Waals surface area contributed by atoms with E-state index in [1.54, 1.807) is 42.5 Å². The highest BCUT2D eigenvalue weighted by atomic mass is 35.5. The Kier molecular flexibility index (Phi) is 7.04. The maximum Gasteiger partial charge on any atom is 0.269 e. The Labute approximate surface area is 181 Å². The largest absolute Gasteiger partial charge is 0.326 e. The molecule has 0 aliphatic rings. The molecule has 11 heteroatoms. The van der Waals surface area contributed by atoms with Crippen LogP contribution in [0.3, 0.4) is 0 Å². The van der Waals surface area contributed by atoms with E-state index in [2.05, 4.69) is 31.3 Å². The Bertz CT molecular complexity index is 1070. The molecule has 1 heterocycles. The zero-order valence-electron chi connectivity index (χ0n) is 15.7. The average molecular weight is 445 g/mol. The van der Waals surface area contributed by atoms with Crippen molar-refractivity contribution in [1.82, 2.24) is 26.0 Å². The highest BCUT2D eigenvalue weighted by molar-refractivity contribution is 7.99. The van der Waals surface area contributed by atoms with Gasteiger partial charge in [-0.3, -0.25) is 30.3 Å². The molecule has 0 bridgehead atoms. The number of amides is 3. The molecule has 0 unspecified atom stereocenters. The van der Waals surface area contributed by atoms with Crippen LogP contribution in [0.15, 0.2) is 53.7 Å². The van der Waals surface area contributed by atoms with Crippen LogP contribution in [0, 0.1) is 0 Å². The zero-order chi connectivity index (χ0) is 21.5. The standard InChI is InChI=1S/C19H17ClN6O3S/c1-11(27)21-15-4-2-3-13(9-15)17-22-19(26-24-17)30-10-16(28)23-25-18(29)12-5-7-14(20)8-6-12/h2-9H,10H2,1H3,(H,21,27)(H,23,28)(H,25,29)(H,22,24,26). The fourth-order valence-corrected chi connectivity index (χ4v) is 3.08. The molecule has 1 aromatic heterocycles. The van der Waals surface area contributed by atoms with Gasteiger partial charge in [0.2, 0.25) is 17.0 Å². The molecule has 9 nitrogen and oxygen atoms in total. The second-order valence-electron chi connectivity index (χ2n) is 6.03. The monoisotopic (exact) mass is 444 g/mol. The van der Waals surface area contributed by atoms with Crippen molar-refractivity contribution in [3.8, 4) is 11.4 Å². The minimum Gasteiger partial charge on any atom is -0.326 e. The lowest BCUT2D eigenvalue weighted by Gasteiger charge is -2.06. The molecule has 4 N–H and O–H groups in total. The smallest absolute Gasteiger partial charge is 0.269 e. The summed E-state index contributed by atoms with van der Waals surface area (Å²) >= 11 is 6.88. The molecule has 0 aliphatic heterocycles. The second kappa shape index (κ2) is 9.90. The summed E-state index contributed by atoms with van der Waals surface area (Å²) in [6, 6.07) is 13.4. The van der Waals surface area contributed by atoms with Crippen LogP contribution >= 0.6 is 23.4 Å². The van der Waals surface area contributed by atoms with E-state index in [0.717, 1.165) is 17.3 Å². The van der Waals surface area contributed by atoms with E-state index in [1.165, 1.54) is 6.92 Å². The SMILES string of the molecule is CC(=O)Nc1cccc(-c2nc(SCC(=O)NNC(=O)c3ccc(Cl)cc3)n[nH]2)c1. The molecule has 154 valence electrons. The first-order valence-corrected chi connectivity index (χ1v) is 10.0. The number of nitrogens with one attached hydrogen (secondary N) is 4. The van der Waals surface area contributed by atoms with Gasteiger partial charge in [0.15, 0.2) is 5.82 Å². The quantitative estimate of drug-likeness (QED) is 0.341. The highest BCUT2D eigenvalue weighted by Gasteiger charge is 2.11. The molecule has 2 aromatic carbocycles. The Balaban J connectivity index is 1.50. The Morgan fingerprint density at radius 1 is 1.10 bits per heavy atom. The molecule has 30 heavy (non-hydrogen) atoms. The first-order chi connectivity index (χ1) is 14.4. The molecule has 0 saturated heterocycles. The number of nitrogens with zero attached hydrogens (tertiary/aromatic N) is 2. The van der Waals surface area contributed by atoms with Crippen LogP contribution in [-0.4, -0.2) is 38.7 Å². The Morgan fingerprint density at radius 3 is 2.60 bits per heavy atom. The summed E-state index contributed by atoms with van der Waals surface area (Å²) in [6.07, 6.45) is 0. The number of carbonyl (C=O) groups excluding carboxylic acids is 3. The van der Waals surface area contributed by atoms with Crippen molar-refractivity contribution in [2.24, 2.45) is 0 Å². The van der Waals surface area contributed by atoms with Crippen LogP contribution in [0.1, 0.15) is 17.3 Å². The van der Waals surface area contributed by atoms with Crippen LogP contribution in [0.5, 0.6) is 0 Å². The number of aromatic nitrogens is 3. The molecular formula is C19H17ClN6O3S. The molecule has 3 rings (SSSR count). The van der Waals surface area contributed by atoms with E-state index < -0.39 is 11.8 Å². The van der Waals surface area contributed by atoms with Crippen LogP contribution in [0.2, 0.25) is 5.02 Å². The van der Waals surface area contributed by atoms with Gasteiger partial charge in [0.1, 0.15) is 0 Å². The first-order valence-electron chi connectivity index (χ1n) is 8.68. The predicted molar refractivity (Wildman–Crippen MR) is 114 cm³/mol. The number of benzene rings is 2. The number of hydrogen-bond acceptors (Lipinski definition) is 6. The van der Waals surface area contributed by atoms with E-state index in [9.17, 15) is 14.4 Å². The molecule has 0 fully saturated rings. The molecule has 0 saturated carbocycles. The Hall–Kier alpha value is -3.37. The molecule has 0 radical (unpaired) electrons. The van der Waals surface area contributed by atoms with E-state index in [-0.39, 0.29) is 11.7 Å². The lowest BCUT2D eigenvalue weighted by molar-refractivity contribution is -0.119. The first kappa shape index (κ1) is 21.3. The van der Waals surface area contributed by atoms with E-state index >= 15 is 0 Å². The van der Waals surface area contributed by atoms with Crippen molar-refractivity contribution in [3.63, 3.8) is 0 Å². The van der Waals surface area contributed by atoms with Gasteiger partial charge in [-0.1, -0.05) is 35.5 Å². The minimum absolute atomic E-state index is 0.00409. The predicted octanol–water partition coefficient (Wildman–Crippen LogP) is 2.64. The molecule has 3 aromatic rings. The summed E-state index contributed by atoms with van der Waals surface area (Å²) in [5, 5.41) is 10.4. The van der Waals surface area contributed by atoms with E-state index in [4.69, 9.17) is 11.6 Å². The number of thioether (sulfide) groups is 1.